The number of rotatable bonds is 10. The molecule has 0 spiro atoms. The molecule has 0 aliphatic rings. The number of hydrogen-bond donors (Lipinski definition) is 1. The predicted molar refractivity (Wildman–Crippen MR) is 111 cm³/mol. The molecule has 29 heavy (non-hydrogen) atoms. The Morgan fingerprint density at radius 3 is 2.45 bits per heavy atom. The largest absolute Gasteiger partial charge is 0.382 e. The van der Waals surface area contributed by atoms with Gasteiger partial charge in [-0.25, -0.2) is 0 Å². The van der Waals surface area contributed by atoms with Gasteiger partial charge in [-0.2, -0.15) is 0 Å². The van der Waals surface area contributed by atoms with Crippen LogP contribution in [0.4, 0.5) is 11.4 Å². The molecule has 0 saturated carbocycles. The van der Waals surface area contributed by atoms with E-state index in [1.807, 2.05) is 6.92 Å². The second-order valence-corrected chi connectivity index (χ2v) is 6.54. The van der Waals surface area contributed by atoms with Gasteiger partial charge in [0.25, 0.3) is 11.6 Å². The topological polar surface area (TPSA) is 102 Å². The van der Waals surface area contributed by atoms with Crippen LogP contribution in [0.25, 0.3) is 0 Å². The Morgan fingerprint density at radius 2 is 1.83 bits per heavy atom. The summed E-state index contributed by atoms with van der Waals surface area (Å²) >= 11 is 0. The van der Waals surface area contributed by atoms with Gasteiger partial charge in [-0.15, -0.1) is 0 Å². The molecule has 1 N–H and O–H groups in total. The van der Waals surface area contributed by atoms with Crippen molar-refractivity contribution in [3.05, 3.63) is 69.3 Å². The first kappa shape index (κ1) is 22.0. The van der Waals surface area contributed by atoms with Crippen molar-refractivity contribution in [2.45, 2.75) is 13.3 Å². The Bertz CT molecular complexity index is 896. The number of amides is 1. The summed E-state index contributed by atoms with van der Waals surface area (Å²) in [7, 11) is 3.38. The number of anilines is 1. The quantitative estimate of drug-likeness (QED) is 0.285. The Balaban J connectivity index is 2.27. The van der Waals surface area contributed by atoms with E-state index in [-0.39, 0.29) is 28.3 Å². The van der Waals surface area contributed by atoms with Crippen LogP contribution in [-0.4, -0.2) is 50.5 Å². The number of nitrogens with zero attached hydrogens (tertiary/aromatic N) is 2. The van der Waals surface area contributed by atoms with Crippen LogP contribution >= 0.6 is 0 Å². The molecular weight excluding hydrogens is 374 g/mol. The van der Waals surface area contributed by atoms with E-state index in [1.54, 1.807) is 43.3 Å². The highest BCUT2D eigenvalue weighted by molar-refractivity contribution is 6.15. The summed E-state index contributed by atoms with van der Waals surface area (Å²) in [6.07, 6.45) is 0.661. The number of benzene rings is 2. The highest BCUT2D eigenvalue weighted by Crippen LogP contribution is 2.29. The molecular formula is C21H25N3O5. The van der Waals surface area contributed by atoms with Crippen LogP contribution in [-0.2, 0) is 4.74 Å². The summed E-state index contributed by atoms with van der Waals surface area (Å²) in [5, 5.41) is 14.2. The van der Waals surface area contributed by atoms with Crippen molar-refractivity contribution in [2.24, 2.45) is 0 Å². The predicted octanol–water partition coefficient (Wildman–Crippen LogP) is 3.05. The SMILES string of the molecule is CCOCCCNC(=O)c1ccccc1C(=O)c1ccc(N(C)C)c([N+](=O)[O-])c1. The lowest BCUT2D eigenvalue weighted by molar-refractivity contribution is -0.384. The lowest BCUT2D eigenvalue weighted by Crippen LogP contribution is -2.27. The van der Waals surface area contributed by atoms with Crippen LogP contribution in [0.3, 0.4) is 0 Å². The highest BCUT2D eigenvalue weighted by Gasteiger charge is 2.22. The molecule has 154 valence electrons. The van der Waals surface area contributed by atoms with Gasteiger partial charge < -0.3 is 15.0 Å². The minimum absolute atomic E-state index is 0.152. The molecule has 2 aromatic carbocycles. The van der Waals surface area contributed by atoms with E-state index in [0.717, 1.165) is 0 Å². The third-order valence-corrected chi connectivity index (χ3v) is 4.29. The maximum atomic E-state index is 13.0. The summed E-state index contributed by atoms with van der Waals surface area (Å²) in [6, 6.07) is 10.7. The van der Waals surface area contributed by atoms with Gasteiger partial charge in [0.15, 0.2) is 5.78 Å². The summed E-state index contributed by atoms with van der Waals surface area (Å²) in [4.78, 5) is 38.0. The molecule has 8 nitrogen and oxygen atoms in total. The van der Waals surface area contributed by atoms with Crippen LogP contribution in [0.2, 0.25) is 0 Å². The van der Waals surface area contributed by atoms with Gasteiger partial charge in [-0.05, 0) is 31.5 Å². The summed E-state index contributed by atoms with van der Waals surface area (Å²) in [5.41, 5.74) is 0.805. The number of ether oxygens (including phenoxy) is 1. The van der Waals surface area contributed by atoms with E-state index in [0.29, 0.717) is 31.9 Å². The van der Waals surface area contributed by atoms with Gasteiger partial charge in [-0.1, -0.05) is 18.2 Å². The average Bonchev–Trinajstić information content (AvgIpc) is 2.72. The van der Waals surface area contributed by atoms with Gasteiger partial charge in [-0.3, -0.25) is 19.7 Å². The van der Waals surface area contributed by atoms with Crippen molar-refractivity contribution in [3.8, 4) is 0 Å². The first-order valence-corrected chi connectivity index (χ1v) is 9.32. The third-order valence-electron chi connectivity index (χ3n) is 4.29. The summed E-state index contributed by atoms with van der Waals surface area (Å²) in [5.74, 6) is -0.816. The molecule has 0 radical (unpaired) electrons. The zero-order valence-corrected chi connectivity index (χ0v) is 16.8. The van der Waals surface area contributed by atoms with Crippen molar-refractivity contribution in [3.63, 3.8) is 0 Å². The van der Waals surface area contributed by atoms with Gasteiger partial charge in [0.2, 0.25) is 0 Å². The maximum Gasteiger partial charge on any atom is 0.293 e. The van der Waals surface area contributed by atoms with E-state index in [4.69, 9.17) is 4.74 Å². The average molecular weight is 399 g/mol. The summed E-state index contributed by atoms with van der Waals surface area (Å²) < 4.78 is 5.23. The van der Waals surface area contributed by atoms with E-state index in [2.05, 4.69) is 5.32 Å². The Labute approximate surface area is 169 Å². The number of nitro benzene ring substituents is 1. The fraction of sp³-hybridized carbons (Fsp3) is 0.333. The standard InChI is InChI=1S/C21H25N3O5/c1-4-29-13-7-12-22-21(26)17-9-6-5-8-16(17)20(25)15-10-11-18(23(2)3)19(14-15)24(27)28/h5-6,8-11,14H,4,7,12-13H2,1-3H3,(H,22,26). The van der Waals surface area contributed by atoms with Crippen LogP contribution in [0.5, 0.6) is 0 Å². The minimum Gasteiger partial charge on any atom is -0.382 e. The molecule has 2 rings (SSSR count). The fourth-order valence-electron chi connectivity index (χ4n) is 2.84. The molecule has 1 amide bonds. The van der Waals surface area contributed by atoms with Crippen molar-refractivity contribution in [2.75, 3.05) is 38.8 Å². The van der Waals surface area contributed by atoms with E-state index in [1.165, 1.54) is 18.2 Å². The van der Waals surface area contributed by atoms with E-state index >= 15 is 0 Å². The number of carbonyl (C=O) groups excluding carboxylic acids is 2. The van der Waals surface area contributed by atoms with Crippen LogP contribution in [0.1, 0.15) is 39.6 Å². The number of carbonyl (C=O) groups is 2. The van der Waals surface area contributed by atoms with E-state index in [9.17, 15) is 19.7 Å². The molecule has 0 aliphatic carbocycles. The Hall–Kier alpha value is -3.26. The number of ketones is 1. The third kappa shape index (κ3) is 5.61. The normalized spacial score (nSPS) is 10.4. The van der Waals surface area contributed by atoms with E-state index < -0.39 is 10.7 Å². The molecule has 0 atom stereocenters. The molecule has 0 fully saturated rings. The summed E-state index contributed by atoms with van der Waals surface area (Å²) in [6.45, 7) is 3.48. The fourth-order valence-corrected chi connectivity index (χ4v) is 2.84. The van der Waals surface area contributed by atoms with Gasteiger partial charge in [0.05, 0.1) is 10.5 Å². The Kier molecular flexibility index (Phi) is 7.85. The van der Waals surface area contributed by atoms with Gasteiger partial charge in [0.1, 0.15) is 5.69 Å². The molecule has 2 aromatic rings. The second kappa shape index (κ2) is 10.3. The lowest BCUT2D eigenvalue weighted by Gasteiger charge is -2.14. The maximum absolute atomic E-state index is 13.0. The molecule has 0 bridgehead atoms. The molecule has 0 unspecified atom stereocenters. The van der Waals surface area contributed by atoms with Crippen molar-refractivity contribution >= 4 is 23.1 Å². The van der Waals surface area contributed by atoms with Crippen LogP contribution < -0.4 is 10.2 Å². The molecule has 0 saturated heterocycles. The van der Waals surface area contributed by atoms with Crippen molar-refractivity contribution in [1.29, 1.82) is 0 Å². The monoisotopic (exact) mass is 399 g/mol. The first-order chi connectivity index (χ1) is 13.9. The zero-order valence-electron chi connectivity index (χ0n) is 16.8. The van der Waals surface area contributed by atoms with Gasteiger partial charge in [0, 0.05) is 51.0 Å². The van der Waals surface area contributed by atoms with Crippen molar-refractivity contribution < 1.29 is 19.2 Å². The smallest absolute Gasteiger partial charge is 0.293 e. The minimum atomic E-state index is -0.525. The first-order valence-electron chi connectivity index (χ1n) is 9.32. The molecule has 8 heteroatoms. The number of hydrogen-bond acceptors (Lipinski definition) is 6. The number of nitro groups is 1. The van der Waals surface area contributed by atoms with Gasteiger partial charge >= 0.3 is 0 Å². The van der Waals surface area contributed by atoms with Crippen molar-refractivity contribution in [1.82, 2.24) is 5.32 Å². The van der Waals surface area contributed by atoms with Crippen LogP contribution in [0.15, 0.2) is 42.5 Å². The zero-order chi connectivity index (χ0) is 21.4. The molecule has 0 aliphatic heterocycles. The highest BCUT2D eigenvalue weighted by atomic mass is 16.6. The second-order valence-electron chi connectivity index (χ2n) is 6.54. The number of nitrogens with one attached hydrogen (secondary N) is 1. The Morgan fingerprint density at radius 1 is 1.14 bits per heavy atom. The molecule has 0 heterocycles. The van der Waals surface area contributed by atoms with Crippen LogP contribution in [0, 0.1) is 10.1 Å². The molecule has 0 aromatic heterocycles. The lowest BCUT2D eigenvalue weighted by atomic mass is 9.97.